The second-order valence-electron chi connectivity index (χ2n) is 3.73. The van der Waals surface area contributed by atoms with Crippen molar-refractivity contribution in [1.82, 2.24) is 4.98 Å². The number of hydrogen-bond donors (Lipinski definition) is 0. The summed E-state index contributed by atoms with van der Waals surface area (Å²) in [6.07, 6.45) is 0. The number of thioether (sulfide) groups is 1. The molecular formula is C13H12FNO2S2. The van der Waals surface area contributed by atoms with Gasteiger partial charge in [-0.1, -0.05) is 12.1 Å². The van der Waals surface area contributed by atoms with Crippen LogP contribution in [0.4, 0.5) is 4.39 Å². The zero-order chi connectivity index (χ0) is 13.8. The molecule has 100 valence electrons. The van der Waals surface area contributed by atoms with E-state index in [4.69, 9.17) is 0 Å². The summed E-state index contributed by atoms with van der Waals surface area (Å²) < 4.78 is 18.1. The molecule has 0 N–H and O–H groups in total. The Bertz CT molecular complexity index is 598. The topological polar surface area (TPSA) is 39.2 Å². The van der Waals surface area contributed by atoms with Gasteiger partial charge in [0.05, 0.1) is 18.6 Å². The number of rotatable bonds is 4. The number of hydrogen-bond acceptors (Lipinski definition) is 5. The molecule has 0 fully saturated rings. The van der Waals surface area contributed by atoms with Crippen LogP contribution in [0, 0.1) is 12.7 Å². The minimum atomic E-state index is -0.378. The Kier molecular flexibility index (Phi) is 4.55. The van der Waals surface area contributed by atoms with Crippen LogP contribution < -0.4 is 0 Å². The van der Waals surface area contributed by atoms with Crippen molar-refractivity contribution in [3.63, 3.8) is 0 Å². The van der Waals surface area contributed by atoms with Crippen LogP contribution in [0.25, 0.3) is 0 Å². The van der Waals surface area contributed by atoms with E-state index in [1.807, 2.05) is 0 Å². The summed E-state index contributed by atoms with van der Waals surface area (Å²) in [5.41, 5.74) is 0.654. The van der Waals surface area contributed by atoms with Crippen LogP contribution in [0.1, 0.15) is 20.4 Å². The highest BCUT2D eigenvalue weighted by molar-refractivity contribution is 7.98. The third-order valence-corrected chi connectivity index (χ3v) is 4.78. The number of benzene rings is 1. The fourth-order valence-corrected chi connectivity index (χ4v) is 3.41. The molecule has 1 aromatic carbocycles. The summed E-state index contributed by atoms with van der Waals surface area (Å²) in [5, 5.41) is 0.783. The molecular weight excluding hydrogens is 285 g/mol. The first kappa shape index (κ1) is 14.0. The first-order valence-electron chi connectivity index (χ1n) is 5.53. The largest absolute Gasteiger partial charge is 0.465 e. The van der Waals surface area contributed by atoms with Crippen molar-refractivity contribution in [2.24, 2.45) is 0 Å². The Morgan fingerprint density at radius 3 is 2.89 bits per heavy atom. The molecule has 2 aromatic rings. The lowest BCUT2D eigenvalue weighted by molar-refractivity contribution is 0.0605. The third kappa shape index (κ3) is 3.33. The van der Waals surface area contributed by atoms with E-state index in [0.29, 0.717) is 21.2 Å². The molecule has 3 nitrogen and oxygen atoms in total. The highest BCUT2D eigenvalue weighted by Crippen LogP contribution is 2.28. The van der Waals surface area contributed by atoms with E-state index in [0.717, 1.165) is 5.01 Å². The molecule has 0 amide bonds. The van der Waals surface area contributed by atoms with Gasteiger partial charge >= 0.3 is 5.97 Å². The Morgan fingerprint density at radius 2 is 2.21 bits per heavy atom. The minimum Gasteiger partial charge on any atom is -0.465 e. The summed E-state index contributed by atoms with van der Waals surface area (Å²) in [6, 6.07) is 6.59. The lowest BCUT2D eigenvalue weighted by Crippen LogP contribution is -1.99. The second-order valence-corrected chi connectivity index (χ2v) is 5.83. The van der Waals surface area contributed by atoms with Crippen molar-refractivity contribution in [3.05, 3.63) is 45.7 Å². The maximum absolute atomic E-state index is 13.4. The second kappa shape index (κ2) is 6.16. The SMILES string of the molecule is COC(=O)c1sc(CSc2ccccc2F)nc1C. The third-order valence-electron chi connectivity index (χ3n) is 2.40. The van der Waals surface area contributed by atoms with Crippen LogP contribution in [-0.2, 0) is 10.5 Å². The molecule has 1 aromatic heterocycles. The fourth-order valence-electron chi connectivity index (χ4n) is 1.50. The van der Waals surface area contributed by atoms with Gasteiger partial charge in [0.15, 0.2) is 0 Å². The highest BCUT2D eigenvalue weighted by atomic mass is 32.2. The number of esters is 1. The molecule has 0 aliphatic carbocycles. The van der Waals surface area contributed by atoms with Crippen LogP contribution in [0.3, 0.4) is 0 Å². The van der Waals surface area contributed by atoms with Gasteiger partial charge in [0.25, 0.3) is 0 Å². The Hall–Kier alpha value is -1.40. The van der Waals surface area contributed by atoms with Gasteiger partial charge in [0, 0.05) is 4.90 Å². The molecule has 0 aliphatic heterocycles. The lowest BCUT2D eigenvalue weighted by Gasteiger charge is -2.00. The van der Waals surface area contributed by atoms with E-state index in [1.54, 1.807) is 25.1 Å². The maximum Gasteiger partial charge on any atom is 0.349 e. The predicted molar refractivity (Wildman–Crippen MR) is 74.2 cm³/mol. The van der Waals surface area contributed by atoms with E-state index in [-0.39, 0.29) is 11.8 Å². The van der Waals surface area contributed by atoms with Crippen molar-refractivity contribution >= 4 is 29.1 Å². The summed E-state index contributed by atoms with van der Waals surface area (Å²) in [6.45, 7) is 1.76. The van der Waals surface area contributed by atoms with Gasteiger partial charge in [-0.15, -0.1) is 23.1 Å². The van der Waals surface area contributed by atoms with Crippen LogP contribution >= 0.6 is 23.1 Å². The van der Waals surface area contributed by atoms with Crippen LogP contribution in [0.5, 0.6) is 0 Å². The van der Waals surface area contributed by atoms with Crippen molar-refractivity contribution in [3.8, 4) is 0 Å². The Morgan fingerprint density at radius 1 is 1.47 bits per heavy atom. The molecule has 0 radical (unpaired) electrons. The molecule has 1 heterocycles. The standard InChI is InChI=1S/C13H12FNO2S2/c1-8-12(13(16)17-2)19-11(15-8)7-18-10-6-4-3-5-9(10)14/h3-6H,7H2,1-2H3. The van der Waals surface area contributed by atoms with Crippen LogP contribution in [-0.4, -0.2) is 18.1 Å². The van der Waals surface area contributed by atoms with Crippen LogP contribution in [0.2, 0.25) is 0 Å². The van der Waals surface area contributed by atoms with Gasteiger partial charge in [0.2, 0.25) is 0 Å². The van der Waals surface area contributed by atoms with Gasteiger partial charge in [-0.05, 0) is 19.1 Å². The van der Waals surface area contributed by atoms with Gasteiger partial charge in [-0.25, -0.2) is 14.2 Å². The number of methoxy groups -OCH3 is 1. The molecule has 0 atom stereocenters. The van der Waals surface area contributed by atoms with Crippen molar-refractivity contribution in [1.29, 1.82) is 0 Å². The van der Waals surface area contributed by atoms with Crippen molar-refractivity contribution in [2.45, 2.75) is 17.6 Å². The van der Waals surface area contributed by atoms with Crippen molar-refractivity contribution < 1.29 is 13.9 Å². The van der Waals surface area contributed by atoms with Gasteiger partial charge in [0.1, 0.15) is 15.7 Å². The minimum absolute atomic E-state index is 0.242. The molecule has 0 unspecified atom stereocenters. The first-order chi connectivity index (χ1) is 9.11. The number of carbonyl (C=O) groups excluding carboxylic acids is 1. The number of ether oxygens (including phenoxy) is 1. The predicted octanol–water partition coefficient (Wildman–Crippen LogP) is 3.67. The van der Waals surface area contributed by atoms with Crippen molar-refractivity contribution in [2.75, 3.05) is 7.11 Å². The summed E-state index contributed by atoms with van der Waals surface area (Å²) in [7, 11) is 1.34. The fraction of sp³-hybridized carbons (Fsp3) is 0.231. The molecule has 0 spiro atoms. The average molecular weight is 297 g/mol. The summed E-state index contributed by atoms with van der Waals surface area (Å²) >= 11 is 2.65. The summed E-state index contributed by atoms with van der Waals surface area (Å²) in [5.74, 6) is -0.0882. The van der Waals surface area contributed by atoms with Gasteiger partial charge in [-0.2, -0.15) is 0 Å². The molecule has 0 saturated heterocycles. The molecule has 19 heavy (non-hydrogen) atoms. The quantitative estimate of drug-likeness (QED) is 0.637. The normalized spacial score (nSPS) is 10.5. The molecule has 0 bridgehead atoms. The zero-order valence-corrected chi connectivity index (χ0v) is 12.1. The van der Waals surface area contributed by atoms with E-state index >= 15 is 0 Å². The molecule has 6 heteroatoms. The highest BCUT2D eigenvalue weighted by Gasteiger charge is 2.15. The monoisotopic (exact) mass is 297 g/mol. The maximum atomic E-state index is 13.4. The lowest BCUT2D eigenvalue weighted by atomic mass is 10.3. The number of halogens is 1. The van der Waals surface area contributed by atoms with E-state index < -0.39 is 0 Å². The number of nitrogens with zero attached hydrogens (tertiary/aromatic N) is 1. The zero-order valence-electron chi connectivity index (χ0n) is 10.5. The smallest absolute Gasteiger partial charge is 0.349 e. The number of carbonyl (C=O) groups is 1. The molecule has 0 aliphatic rings. The summed E-state index contributed by atoms with van der Waals surface area (Å²) in [4.78, 5) is 16.8. The van der Waals surface area contributed by atoms with E-state index in [9.17, 15) is 9.18 Å². The molecule has 0 saturated carbocycles. The average Bonchev–Trinajstić information content (AvgIpc) is 2.78. The van der Waals surface area contributed by atoms with E-state index in [1.165, 1.54) is 36.3 Å². The Balaban J connectivity index is 2.09. The number of thiazole rings is 1. The van der Waals surface area contributed by atoms with Gasteiger partial charge < -0.3 is 4.74 Å². The van der Waals surface area contributed by atoms with Crippen LogP contribution in [0.15, 0.2) is 29.2 Å². The number of aryl methyl sites for hydroxylation is 1. The Labute approximate surface area is 118 Å². The molecule has 2 rings (SSSR count). The van der Waals surface area contributed by atoms with E-state index in [2.05, 4.69) is 9.72 Å². The number of aromatic nitrogens is 1. The first-order valence-corrected chi connectivity index (χ1v) is 7.34. The van der Waals surface area contributed by atoms with Gasteiger partial charge in [-0.3, -0.25) is 0 Å².